The minimum absolute atomic E-state index is 0.0893. The molecule has 0 amide bonds. The minimum Gasteiger partial charge on any atom is -0.294 e. The van der Waals surface area contributed by atoms with Gasteiger partial charge < -0.3 is 0 Å². The van der Waals surface area contributed by atoms with Crippen LogP contribution in [0.2, 0.25) is 0 Å². The molecule has 21 heavy (non-hydrogen) atoms. The van der Waals surface area contributed by atoms with Gasteiger partial charge in [-0.05, 0) is 18.1 Å². The number of hydrogen-bond acceptors (Lipinski definition) is 1. The normalized spacial score (nSPS) is 13.2. The lowest BCUT2D eigenvalue weighted by Crippen LogP contribution is -2.14. The first-order valence-corrected chi connectivity index (χ1v) is 7.20. The second-order valence-electron chi connectivity index (χ2n) is 5.21. The summed E-state index contributed by atoms with van der Waals surface area (Å²) in [5.74, 6) is -1.92. The van der Waals surface area contributed by atoms with Crippen molar-refractivity contribution in [3.8, 4) is 0 Å². The molecule has 1 rings (SSSR count). The van der Waals surface area contributed by atoms with Crippen molar-refractivity contribution in [2.24, 2.45) is 5.92 Å². The molecule has 5 heteroatoms. The van der Waals surface area contributed by atoms with Crippen LogP contribution in [0.5, 0.6) is 0 Å². The first-order chi connectivity index (χ1) is 9.81. The van der Waals surface area contributed by atoms with Crippen LogP contribution >= 0.6 is 0 Å². The zero-order valence-corrected chi connectivity index (χ0v) is 12.3. The van der Waals surface area contributed by atoms with Crippen LogP contribution in [-0.4, -0.2) is 5.78 Å². The summed E-state index contributed by atoms with van der Waals surface area (Å²) >= 11 is 0. The average Bonchev–Trinajstić information content (AvgIpc) is 2.42. The summed E-state index contributed by atoms with van der Waals surface area (Å²) in [7, 11) is 0. The molecule has 0 aliphatic rings. The van der Waals surface area contributed by atoms with E-state index in [0.717, 1.165) is 37.8 Å². The minimum atomic E-state index is -4.78. The Morgan fingerprint density at radius 3 is 2.43 bits per heavy atom. The lowest BCUT2D eigenvalue weighted by molar-refractivity contribution is -0.140. The predicted octanol–water partition coefficient (Wildman–Crippen LogP) is 5.63. The second-order valence-corrected chi connectivity index (χ2v) is 5.21. The SMILES string of the molecule is CCCCC(CC)CC(=O)c1cccc(C(F)(F)F)c1F. The lowest BCUT2D eigenvalue weighted by atomic mass is 9.91. The molecule has 1 aromatic carbocycles. The molecule has 1 aromatic rings. The number of alkyl halides is 3. The standard InChI is InChI=1S/C16H20F4O/c1-3-5-7-11(4-2)10-14(21)12-8-6-9-13(15(12)17)16(18,19)20/h6,8-9,11H,3-5,7,10H2,1-2H3. The molecule has 1 unspecified atom stereocenters. The van der Waals surface area contributed by atoms with E-state index in [9.17, 15) is 22.4 Å². The summed E-state index contributed by atoms with van der Waals surface area (Å²) in [6.07, 6.45) is -1.16. The first-order valence-electron chi connectivity index (χ1n) is 7.20. The van der Waals surface area contributed by atoms with Gasteiger partial charge in [0.1, 0.15) is 5.82 Å². The van der Waals surface area contributed by atoms with E-state index in [0.29, 0.717) is 6.07 Å². The Morgan fingerprint density at radius 2 is 1.90 bits per heavy atom. The van der Waals surface area contributed by atoms with Gasteiger partial charge in [0, 0.05) is 6.42 Å². The highest BCUT2D eigenvalue weighted by Crippen LogP contribution is 2.33. The molecule has 0 heterocycles. The van der Waals surface area contributed by atoms with E-state index in [1.165, 1.54) is 0 Å². The molecule has 0 radical (unpaired) electrons. The third-order valence-corrected chi connectivity index (χ3v) is 3.62. The molecule has 0 spiro atoms. The molecule has 0 aromatic heterocycles. The fourth-order valence-electron chi connectivity index (χ4n) is 2.28. The number of ketones is 1. The average molecular weight is 304 g/mol. The Kier molecular flexibility index (Phi) is 6.37. The number of unbranched alkanes of at least 4 members (excludes halogenated alkanes) is 1. The van der Waals surface area contributed by atoms with Gasteiger partial charge in [-0.1, -0.05) is 45.6 Å². The van der Waals surface area contributed by atoms with E-state index >= 15 is 0 Å². The topological polar surface area (TPSA) is 17.1 Å². The summed E-state index contributed by atoms with van der Waals surface area (Å²) in [5.41, 5.74) is -1.84. The van der Waals surface area contributed by atoms with Crippen LogP contribution in [0.1, 0.15) is 61.9 Å². The summed E-state index contributed by atoms with van der Waals surface area (Å²) in [5, 5.41) is 0. The van der Waals surface area contributed by atoms with Crippen molar-refractivity contribution in [3.63, 3.8) is 0 Å². The van der Waals surface area contributed by atoms with Crippen LogP contribution in [0.4, 0.5) is 17.6 Å². The molecular weight excluding hydrogens is 284 g/mol. The van der Waals surface area contributed by atoms with Gasteiger partial charge in [-0.25, -0.2) is 4.39 Å². The van der Waals surface area contributed by atoms with Crippen LogP contribution in [-0.2, 0) is 6.18 Å². The molecule has 0 aliphatic carbocycles. The summed E-state index contributed by atoms with van der Waals surface area (Å²) < 4.78 is 51.8. The van der Waals surface area contributed by atoms with Gasteiger partial charge in [-0.2, -0.15) is 13.2 Å². The Labute approximate surface area is 122 Å². The van der Waals surface area contributed by atoms with Gasteiger partial charge in [0.25, 0.3) is 0 Å². The van der Waals surface area contributed by atoms with Gasteiger partial charge in [0.2, 0.25) is 0 Å². The molecular formula is C16H20F4O. The van der Waals surface area contributed by atoms with E-state index in [1.807, 2.05) is 13.8 Å². The number of rotatable bonds is 7. The molecule has 1 nitrogen and oxygen atoms in total. The Hall–Kier alpha value is -1.39. The van der Waals surface area contributed by atoms with Crippen LogP contribution in [0.15, 0.2) is 18.2 Å². The zero-order chi connectivity index (χ0) is 16.0. The van der Waals surface area contributed by atoms with Crippen molar-refractivity contribution >= 4 is 5.78 Å². The van der Waals surface area contributed by atoms with Crippen molar-refractivity contribution < 1.29 is 22.4 Å². The summed E-state index contributed by atoms with van der Waals surface area (Å²) in [6, 6.07) is 2.85. The van der Waals surface area contributed by atoms with Crippen LogP contribution < -0.4 is 0 Å². The zero-order valence-electron chi connectivity index (χ0n) is 12.3. The quantitative estimate of drug-likeness (QED) is 0.471. The van der Waals surface area contributed by atoms with Gasteiger partial charge in [0.05, 0.1) is 11.1 Å². The van der Waals surface area contributed by atoms with E-state index in [1.54, 1.807) is 0 Å². The second kappa shape index (κ2) is 7.57. The maximum atomic E-state index is 13.9. The van der Waals surface area contributed by atoms with Gasteiger partial charge in [-0.15, -0.1) is 0 Å². The van der Waals surface area contributed by atoms with Crippen molar-refractivity contribution in [3.05, 3.63) is 35.1 Å². The van der Waals surface area contributed by atoms with Gasteiger partial charge in [0.15, 0.2) is 5.78 Å². The number of halogens is 4. The number of hydrogen-bond donors (Lipinski definition) is 0. The molecule has 0 bridgehead atoms. The van der Waals surface area contributed by atoms with E-state index in [4.69, 9.17) is 0 Å². The van der Waals surface area contributed by atoms with Gasteiger partial charge >= 0.3 is 6.18 Å². The van der Waals surface area contributed by atoms with Crippen LogP contribution in [0.25, 0.3) is 0 Å². The number of carbonyl (C=O) groups excluding carboxylic acids is 1. The fraction of sp³-hybridized carbons (Fsp3) is 0.562. The predicted molar refractivity (Wildman–Crippen MR) is 73.7 cm³/mol. The maximum absolute atomic E-state index is 13.9. The molecule has 0 N–H and O–H groups in total. The Morgan fingerprint density at radius 1 is 1.24 bits per heavy atom. The smallest absolute Gasteiger partial charge is 0.294 e. The third-order valence-electron chi connectivity index (χ3n) is 3.62. The molecule has 0 aliphatic heterocycles. The van der Waals surface area contributed by atoms with E-state index in [-0.39, 0.29) is 12.3 Å². The van der Waals surface area contributed by atoms with Crippen molar-refractivity contribution in [1.82, 2.24) is 0 Å². The van der Waals surface area contributed by atoms with Crippen molar-refractivity contribution in [2.45, 2.75) is 52.1 Å². The molecule has 0 saturated heterocycles. The maximum Gasteiger partial charge on any atom is 0.419 e. The Balaban J connectivity index is 2.93. The largest absolute Gasteiger partial charge is 0.419 e. The van der Waals surface area contributed by atoms with Gasteiger partial charge in [-0.3, -0.25) is 4.79 Å². The van der Waals surface area contributed by atoms with E-state index < -0.39 is 28.9 Å². The third kappa shape index (κ3) is 4.83. The molecule has 0 fully saturated rings. The summed E-state index contributed by atoms with van der Waals surface area (Å²) in [4.78, 5) is 12.1. The van der Waals surface area contributed by atoms with Crippen LogP contribution in [0, 0.1) is 11.7 Å². The van der Waals surface area contributed by atoms with E-state index in [2.05, 4.69) is 0 Å². The van der Waals surface area contributed by atoms with Crippen LogP contribution in [0.3, 0.4) is 0 Å². The first kappa shape index (κ1) is 17.7. The lowest BCUT2D eigenvalue weighted by Gasteiger charge is -2.15. The Bertz CT molecular complexity index is 480. The summed E-state index contributed by atoms with van der Waals surface area (Å²) in [6.45, 7) is 3.96. The number of benzene rings is 1. The molecule has 0 saturated carbocycles. The number of Topliss-reactive ketones (excluding diaryl/α,β-unsaturated/α-hetero) is 1. The monoisotopic (exact) mass is 304 g/mol. The highest BCUT2D eigenvalue weighted by Gasteiger charge is 2.35. The van der Waals surface area contributed by atoms with Crippen molar-refractivity contribution in [2.75, 3.05) is 0 Å². The number of carbonyl (C=O) groups is 1. The molecule has 118 valence electrons. The fourth-order valence-corrected chi connectivity index (χ4v) is 2.28. The van der Waals surface area contributed by atoms with Crippen molar-refractivity contribution in [1.29, 1.82) is 0 Å². The highest BCUT2D eigenvalue weighted by atomic mass is 19.4. The molecule has 1 atom stereocenters. The highest BCUT2D eigenvalue weighted by molar-refractivity contribution is 5.96.